The van der Waals surface area contributed by atoms with Crippen LogP contribution in [0.15, 0.2) is 12.1 Å². The van der Waals surface area contributed by atoms with Crippen LogP contribution in [0.5, 0.6) is 5.75 Å². The third-order valence-corrected chi connectivity index (χ3v) is 4.56. The lowest BCUT2D eigenvalue weighted by molar-refractivity contribution is -0.138. The minimum Gasteiger partial charge on any atom is -0.496 e. The van der Waals surface area contributed by atoms with Crippen molar-refractivity contribution in [3.05, 3.63) is 22.7 Å². The molecule has 7 nitrogen and oxygen atoms in total. The highest BCUT2D eigenvalue weighted by atomic mass is 35.5. The maximum Gasteiger partial charge on any atom is 0.317 e. The fraction of sp³-hybridized carbons (Fsp3) is 0.500. The SMILES string of the molecule is COc1cc(N)c(Cl)cc1C(=O)NC1CCN(CC(=O)O)CC1C. The molecule has 1 amide bonds. The predicted molar refractivity (Wildman–Crippen MR) is 91.5 cm³/mol. The van der Waals surface area contributed by atoms with Gasteiger partial charge in [0.05, 0.1) is 29.9 Å². The number of rotatable bonds is 5. The van der Waals surface area contributed by atoms with Crippen molar-refractivity contribution in [3.8, 4) is 5.75 Å². The van der Waals surface area contributed by atoms with E-state index in [1.54, 1.807) is 0 Å². The maximum atomic E-state index is 12.6. The molecule has 0 bridgehead atoms. The Labute approximate surface area is 145 Å². The van der Waals surface area contributed by atoms with Gasteiger partial charge in [0.1, 0.15) is 5.75 Å². The molecule has 2 atom stereocenters. The Morgan fingerprint density at radius 3 is 2.79 bits per heavy atom. The van der Waals surface area contributed by atoms with Crippen molar-refractivity contribution in [1.82, 2.24) is 10.2 Å². The number of piperidine rings is 1. The third kappa shape index (κ3) is 4.30. The van der Waals surface area contributed by atoms with Gasteiger partial charge in [0.2, 0.25) is 0 Å². The summed E-state index contributed by atoms with van der Waals surface area (Å²) >= 11 is 6.00. The molecule has 0 spiro atoms. The number of amides is 1. The number of halogens is 1. The first-order valence-corrected chi connectivity index (χ1v) is 8.07. The lowest BCUT2D eigenvalue weighted by Gasteiger charge is -2.36. The number of methoxy groups -OCH3 is 1. The van der Waals surface area contributed by atoms with Gasteiger partial charge in [-0.3, -0.25) is 14.5 Å². The Kier molecular flexibility index (Phi) is 5.90. The lowest BCUT2D eigenvalue weighted by atomic mass is 9.93. The predicted octanol–water partition coefficient (Wildman–Crippen LogP) is 1.46. The largest absolute Gasteiger partial charge is 0.496 e. The van der Waals surface area contributed by atoms with E-state index < -0.39 is 5.97 Å². The summed E-state index contributed by atoms with van der Waals surface area (Å²) in [5.41, 5.74) is 6.41. The van der Waals surface area contributed by atoms with Crippen LogP contribution >= 0.6 is 11.6 Å². The van der Waals surface area contributed by atoms with Gasteiger partial charge in [-0.25, -0.2) is 0 Å². The summed E-state index contributed by atoms with van der Waals surface area (Å²) in [6, 6.07) is 2.98. The number of nitrogens with two attached hydrogens (primary N) is 1. The van der Waals surface area contributed by atoms with Gasteiger partial charge in [-0.2, -0.15) is 0 Å². The van der Waals surface area contributed by atoms with Crippen LogP contribution in [0, 0.1) is 5.92 Å². The summed E-state index contributed by atoms with van der Waals surface area (Å²) in [5, 5.41) is 12.2. The summed E-state index contributed by atoms with van der Waals surface area (Å²) < 4.78 is 5.21. The lowest BCUT2D eigenvalue weighted by Crippen LogP contribution is -2.51. The van der Waals surface area contributed by atoms with Crippen LogP contribution < -0.4 is 15.8 Å². The Bertz CT molecular complexity index is 638. The second-order valence-electron chi connectivity index (χ2n) is 6.05. The number of aliphatic carboxylic acids is 1. The van der Waals surface area contributed by atoms with E-state index in [2.05, 4.69) is 5.32 Å². The van der Waals surface area contributed by atoms with Crippen molar-refractivity contribution >= 4 is 29.2 Å². The van der Waals surface area contributed by atoms with E-state index in [0.717, 1.165) is 0 Å². The number of carboxylic acids is 1. The van der Waals surface area contributed by atoms with Crippen molar-refractivity contribution in [2.75, 3.05) is 32.5 Å². The summed E-state index contributed by atoms with van der Waals surface area (Å²) in [4.78, 5) is 25.2. The summed E-state index contributed by atoms with van der Waals surface area (Å²) in [6.07, 6.45) is 0.686. The van der Waals surface area contributed by atoms with Gasteiger partial charge in [0, 0.05) is 25.2 Å². The molecule has 0 saturated carbocycles. The zero-order chi connectivity index (χ0) is 17.9. The van der Waals surface area contributed by atoms with Gasteiger partial charge in [-0.05, 0) is 18.4 Å². The van der Waals surface area contributed by atoms with Crippen LogP contribution in [-0.2, 0) is 4.79 Å². The monoisotopic (exact) mass is 355 g/mol. The average Bonchev–Trinajstić information content (AvgIpc) is 2.51. The molecule has 1 aromatic carbocycles. The first-order valence-electron chi connectivity index (χ1n) is 7.69. The van der Waals surface area contributed by atoms with Gasteiger partial charge >= 0.3 is 5.97 Å². The molecule has 8 heteroatoms. The number of nitrogens with zero attached hydrogens (tertiary/aromatic N) is 1. The molecule has 2 rings (SSSR count). The van der Waals surface area contributed by atoms with E-state index in [1.807, 2.05) is 11.8 Å². The van der Waals surface area contributed by atoms with Crippen molar-refractivity contribution in [3.63, 3.8) is 0 Å². The molecule has 0 radical (unpaired) electrons. The van der Waals surface area contributed by atoms with Crippen molar-refractivity contribution in [2.45, 2.75) is 19.4 Å². The number of ether oxygens (including phenoxy) is 1. The minimum absolute atomic E-state index is 0.0202. The van der Waals surface area contributed by atoms with Gasteiger partial charge in [-0.15, -0.1) is 0 Å². The number of nitrogen functional groups attached to an aromatic ring is 1. The number of anilines is 1. The van der Waals surface area contributed by atoms with E-state index in [4.69, 9.17) is 27.2 Å². The Balaban J connectivity index is 2.05. The van der Waals surface area contributed by atoms with Crippen molar-refractivity contribution < 1.29 is 19.4 Å². The molecule has 1 aliphatic heterocycles. The third-order valence-electron chi connectivity index (χ3n) is 4.23. The smallest absolute Gasteiger partial charge is 0.317 e. The summed E-state index contributed by atoms with van der Waals surface area (Å²) in [5.74, 6) is -0.620. The van der Waals surface area contributed by atoms with Crippen molar-refractivity contribution in [2.24, 2.45) is 5.92 Å². The second-order valence-corrected chi connectivity index (χ2v) is 6.46. The van der Waals surface area contributed by atoms with E-state index in [0.29, 0.717) is 41.5 Å². The van der Waals surface area contributed by atoms with Crippen LogP contribution in [0.3, 0.4) is 0 Å². The molecule has 1 fully saturated rings. The van der Waals surface area contributed by atoms with Crippen LogP contribution in [0.2, 0.25) is 5.02 Å². The van der Waals surface area contributed by atoms with Crippen LogP contribution in [0.25, 0.3) is 0 Å². The van der Waals surface area contributed by atoms with E-state index >= 15 is 0 Å². The van der Waals surface area contributed by atoms with Crippen LogP contribution in [-0.4, -0.2) is 54.7 Å². The fourth-order valence-corrected chi connectivity index (χ4v) is 3.11. The van der Waals surface area contributed by atoms with Gasteiger partial charge < -0.3 is 20.9 Å². The first-order chi connectivity index (χ1) is 11.3. The number of nitrogens with one attached hydrogen (secondary N) is 1. The first kappa shape index (κ1) is 18.4. The normalized spacial score (nSPS) is 21.3. The number of hydrogen-bond donors (Lipinski definition) is 3. The van der Waals surface area contributed by atoms with Crippen LogP contribution in [0.4, 0.5) is 5.69 Å². The molecule has 1 aromatic rings. The van der Waals surface area contributed by atoms with E-state index in [9.17, 15) is 9.59 Å². The van der Waals surface area contributed by atoms with Gasteiger partial charge in [0.15, 0.2) is 0 Å². The molecular weight excluding hydrogens is 334 g/mol. The number of carbonyl (C=O) groups excluding carboxylic acids is 1. The van der Waals surface area contributed by atoms with E-state index in [1.165, 1.54) is 19.2 Å². The number of hydrogen-bond acceptors (Lipinski definition) is 5. The molecule has 132 valence electrons. The number of carboxylic acid groups (broad SMARTS) is 1. The maximum absolute atomic E-state index is 12.6. The number of benzene rings is 1. The number of likely N-dealkylation sites (tertiary alicyclic amines) is 1. The highest BCUT2D eigenvalue weighted by Crippen LogP contribution is 2.29. The Morgan fingerprint density at radius 1 is 1.50 bits per heavy atom. The molecular formula is C16H22ClN3O4. The van der Waals surface area contributed by atoms with Gasteiger partial charge in [0.25, 0.3) is 5.91 Å². The van der Waals surface area contributed by atoms with E-state index in [-0.39, 0.29) is 24.4 Å². The second kappa shape index (κ2) is 7.72. The zero-order valence-corrected chi connectivity index (χ0v) is 14.5. The van der Waals surface area contributed by atoms with Crippen LogP contribution in [0.1, 0.15) is 23.7 Å². The minimum atomic E-state index is -0.842. The quantitative estimate of drug-likeness (QED) is 0.690. The summed E-state index contributed by atoms with van der Waals surface area (Å²) in [7, 11) is 1.46. The number of carbonyl (C=O) groups is 2. The van der Waals surface area contributed by atoms with Gasteiger partial charge in [-0.1, -0.05) is 18.5 Å². The Morgan fingerprint density at radius 2 is 2.21 bits per heavy atom. The molecule has 0 aromatic heterocycles. The van der Waals surface area contributed by atoms with Crippen molar-refractivity contribution in [1.29, 1.82) is 0 Å². The molecule has 0 aliphatic carbocycles. The molecule has 1 heterocycles. The average molecular weight is 356 g/mol. The molecule has 1 aliphatic rings. The zero-order valence-electron chi connectivity index (χ0n) is 13.7. The highest BCUT2D eigenvalue weighted by Gasteiger charge is 2.29. The molecule has 2 unspecified atom stereocenters. The highest BCUT2D eigenvalue weighted by molar-refractivity contribution is 6.33. The topological polar surface area (TPSA) is 105 Å². The molecule has 24 heavy (non-hydrogen) atoms. The standard InChI is InChI=1S/C16H22ClN3O4/c1-9-7-20(8-15(21)22)4-3-13(9)19-16(23)10-5-11(17)12(18)6-14(10)24-2/h5-6,9,13H,3-4,7-8,18H2,1-2H3,(H,19,23)(H,21,22). The summed E-state index contributed by atoms with van der Waals surface area (Å²) in [6.45, 7) is 3.26. The Hall–Kier alpha value is -1.99. The molecule has 1 saturated heterocycles. The fourth-order valence-electron chi connectivity index (χ4n) is 2.94. The molecule has 4 N–H and O–H groups in total.